The molecule has 2 fully saturated rings. The smallest absolute Gasteiger partial charge is 0.0829 e. The molecule has 0 aromatic carbocycles. The Hall–Kier alpha value is -0.160. The molecule has 0 saturated carbocycles. The molecule has 0 bridgehead atoms. The third kappa shape index (κ3) is 3.92. The molecule has 18 heavy (non-hydrogen) atoms. The lowest BCUT2D eigenvalue weighted by Gasteiger charge is -2.39. The number of rotatable bonds is 4. The van der Waals surface area contributed by atoms with Gasteiger partial charge in [0, 0.05) is 45.3 Å². The van der Waals surface area contributed by atoms with Crippen LogP contribution < -0.4 is 5.32 Å². The van der Waals surface area contributed by atoms with Crippen LogP contribution in [0, 0.1) is 5.92 Å². The van der Waals surface area contributed by atoms with Crippen LogP contribution in [0.1, 0.15) is 20.8 Å². The van der Waals surface area contributed by atoms with Gasteiger partial charge in [0.1, 0.15) is 0 Å². The fraction of sp³-hybridized carbons (Fsp3) is 1.00. The molecule has 2 unspecified atom stereocenters. The number of hydrogen-bond donors (Lipinski definition) is 1. The van der Waals surface area contributed by atoms with E-state index in [1.54, 1.807) is 0 Å². The molecule has 0 aliphatic carbocycles. The van der Waals surface area contributed by atoms with Crippen molar-refractivity contribution in [3.8, 4) is 0 Å². The second-order valence-corrected chi connectivity index (χ2v) is 5.95. The van der Waals surface area contributed by atoms with Crippen molar-refractivity contribution < 1.29 is 4.74 Å². The van der Waals surface area contributed by atoms with Gasteiger partial charge in [-0.05, 0) is 12.5 Å². The van der Waals surface area contributed by atoms with Gasteiger partial charge in [0.25, 0.3) is 0 Å². The Labute approximate surface area is 112 Å². The molecule has 2 rings (SSSR count). The molecule has 1 N–H and O–H groups in total. The summed E-state index contributed by atoms with van der Waals surface area (Å²) in [6.07, 6.45) is 0.407. The van der Waals surface area contributed by atoms with E-state index in [1.165, 1.54) is 6.54 Å². The quantitative estimate of drug-likeness (QED) is 0.798. The van der Waals surface area contributed by atoms with Crippen molar-refractivity contribution in [2.24, 2.45) is 5.92 Å². The molecule has 0 aromatic heterocycles. The Kier molecular flexibility index (Phi) is 5.42. The van der Waals surface area contributed by atoms with E-state index < -0.39 is 0 Å². The fourth-order valence-corrected chi connectivity index (χ4v) is 2.92. The summed E-state index contributed by atoms with van der Waals surface area (Å²) in [5, 5.41) is 3.61. The maximum absolute atomic E-state index is 5.90. The minimum Gasteiger partial charge on any atom is -0.374 e. The highest BCUT2D eigenvalue weighted by Gasteiger charge is 2.26. The molecule has 0 aromatic rings. The van der Waals surface area contributed by atoms with Crippen LogP contribution >= 0.6 is 0 Å². The van der Waals surface area contributed by atoms with Gasteiger partial charge in [-0.15, -0.1) is 0 Å². The second kappa shape index (κ2) is 6.85. The average Bonchev–Trinajstić information content (AvgIpc) is 2.39. The van der Waals surface area contributed by atoms with E-state index in [2.05, 4.69) is 35.9 Å². The van der Waals surface area contributed by atoms with Crippen LogP contribution in [-0.4, -0.2) is 74.4 Å². The predicted octanol–water partition coefficient (Wildman–Crippen LogP) is 0.637. The van der Waals surface area contributed by atoms with Gasteiger partial charge in [-0.3, -0.25) is 9.80 Å². The maximum Gasteiger partial charge on any atom is 0.0829 e. The molecule has 2 atom stereocenters. The minimum atomic E-state index is 0.407. The highest BCUT2D eigenvalue weighted by molar-refractivity contribution is 4.83. The van der Waals surface area contributed by atoms with Gasteiger partial charge in [-0.1, -0.05) is 20.8 Å². The maximum atomic E-state index is 5.90. The molecule has 2 aliphatic rings. The second-order valence-electron chi connectivity index (χ2n) is 5.95. The van der Waals surface area contributed by atoms with Crippen molar-refractivity contribution in [2.75, 3.05) is 52.4 Å². The molecule has 2 heterocycles. The van der Waals surface area contributed by atoms with E-state index in [0.717, 1.165) is 45.9 Å². The zero-order valence-electron chi connectivity index (χ0n) is 12.2. The lowest BCUT2D eigenvalue weighted by molar-refractivity contribution is -0.0453. The number of morpholine rings is 1. The Balaban J connectivity index is 1.78. The van der Waals surface area contributed by atoms with Crippen LogP contribution in [0.3, 0.4) is 0 Å². The van der Waals surface area contributed by atoms with Crippen molar-refractivity contribution in [1.29, 1.82) is 0 Å². The molecule has 2 aliphatic heterocycles. The molecule has 0 amide bonds. The summed E-state index contributed by atoms with van der Waals surface area (Å²) in [7, 11) is 0. The van der Waals surface area contributed by atoms with Crippen LogP contribution in [-0.2, 0) is 4.74 Å². The number of piperazine rings is 1. The minimum absolute atomic E-state index is 0.407. The van der Waals surface area contributed by atoms with E-state index in [9.17, 15) is 0 Å². The van der Waals surface area contributed by atoms with Gasteiger partial charge in [0.2, 0.25) is 0 Å². The molecule has 0 radical (unpaired) electrons. The van der Waals surface area contributed by atoms with Gasteiger partial charge in [-0.25, -0.2) is 0 Å². The summed E-state index contributed by atoms with van der Waals surface area (Å²) in [6, 6.07) is 0.643. The van der Waals surface area contributed by atoms with Crippen LogP contribution in [0.4, 0.5) is 0 Å². The topological polar surface area (TPSA) is 27.7 Å². The molecular weight excluding hydrogens is 226 g/mol. The molecule has 2 saturated heterocycles. The van der Waals surface area contributed by atoms with Crippen molar-refractivity contribution in [3.05, 3.63) is 0 Å². The van der Waals surface area contributed by atoms with Gasteiger partial charge >= 0.3 is 0 Å². The average molecular weight is 255 g/mol. The summed E-state index contributed by atoms with van der Waals surface area (Å²) in [5.41, 5.74) is 0. The SMILES string of the molecule is CCN1CCOC(CN2CCNC(C(C)C)C2)C1. The van der Waals surface area contributed by atoms with Gasteiger partial charge in [0.15, 0.2) is 0 Å². The van der Waals surface area contributed by atoms with E-state index in [4.69, 9.17) is 4.74 Å². The van der Waals surface area contributed by atoms with Gasteiger partial charge in [0.05, 0.1) is 12.7 Å². The summed E-state index contributed by atoms with van der Waals surface area (Å²) in [6.45, 7) is 15.6. The third-order valence-electron chi connectivity index (χ3n) is 4.23. The van der Waals surface area contributed by atoms with E-state index in [0.29, 0.717) is 18.1 Å². The Bertz CT molecular complexity index is 247. The van der Waals surface area contributed by atoms with Crippen LogP contribution in [0.15, 0.2) is 0 Å². The lowest BCUT2D eigenvalue weighted by Crippen LogP contribution is -2.56. The van der Waals surface area contributed by atoms with Crippen molar-refractivity contribution in [1.82, 2.24) is 15.1 Å². The normalized spacial score (nSPS) is 32.0. The monoisotopic (exact) mass is 255 g/mol. The third-order valence-corrected chi connectivity index (χ3v) is 4.23. The number of hydrogen-bond acceptors (Lipinski definition) is 4. The van der Waals surface area contributed by atoms with Crippen molar-refractivity contribution >= 4 is 0 Å². The van der Waals surface area contributed by atoms with Crippen LogP contribution in [0.5, 0.6) is 0 Å². The predicted molar refractivity (Wildman–Crippen MR) is 74.9 cm³/mol. The summed E-state index contributed by atoms with van der Waals surface area (Å²) in [5.74, 6) is 0.715. The first-order chi connectivity index (χ1) is 8.69. The van der Waals surface area contributed by atoms with E-state index >= 15 is 0 Å². The van der Waals surface area contributed by atoms with Gasteiger partial charge < -0.3 is 10.1 Å². The zero-order chi connectivity index (χ0) is 13.0. The van der Waals surface area contributed by atoms with E-state index in [-0.39, 0.29) is 0 Å². The first-order valence-electron chi connectivity index (χ1n) is 7.48. The summed E-state index contributed by atoms with van der Waals surface area (Å²) in [4.78, 5) is 5.07. The lowest BCUT2D eigenvalue weighted by atomic mass is 10.0. The highest BCUT2D eigenvalue weighted by Crippen LogP contribution is 2.11. The summed E-state index contributed by atoms with van der Waals surface area (Å²) < 4.78 is 5.90. The molecular formula is C14H29N3O. The first-order valence-corrected chi connectivity index (χ1v) is 7.48. The zero-order valence-corrected chi connectivity index (χ0v) is 12.2. The Morgan fingerprint density at radius 3 is 2.78 bits per heavy atom. The number of likely N-dealkylation sites (N-methyl/N-ethyl adjacent to an activating group) is 1. The molecule has 0 spiro atoms. The molecule has 4 nitrogen and oxygen atoms in total. The van der Waals surface area contributed by atoms with Crippen LogP contribution in [0.25, 0.3) is 0 Å². The molecule has 4 heteroatoms. The Morgan fingerprint density at radius 1 is 1.22 bits per heavy atom. The van der Waals surface area contributed by atoms with Crippen molar-refractivity contribution in [2.45, 2.75) is 32.9 Å². The number of nitrogens with zero attached hydrogens (tertiary/aromatic N) is 2. The fourth-order valence-electron chi connectivity index (χ4n) is 2.92. The van der Waals surface area contributed by atoms with Crippen molar-refractivity contribution in [3.63, 3.8) is 0 Å². The largest absolute Gasteiger partial charge is 0.374 e. The summed E-state index contributed by atoms with van der Waals surface area (Å²) >= 11 is 0. The standard InChI is InChI=1S/C14H29N3O/c1-4-16-7-8-18-13(9-16)10-17-6-5-15-14(11-17)12(2)3/h12-15H,4-11H2,1-3H3. The number of nitrogens with one attached hydrogen (secondary N) is 1. The molecule has 106 valence electrons. The van der Waals surface area contributed by atoms with E-state index in [1.807, 2.05) is 0 Å². The van der Waals surface area contributed by atoms with Gasteiger partial charge in [-0.2, -0.15) is 0 Å². The highest BCUT2D eigenvalue weighted by atomic mass is 16.5. The Morgan fingerprint density at radius 2 is 2.06 bits per heavy atom. The first kappa shape index (κ1) is 14.3. The van der Waals surface area contributed by atoms with Crippen LogP contribution in [0.2, 0.25) is 0 Å². The number of ether oxygens (including phenoxy) is 1.